The average Bonchev–Trinajstić information content (AvgIpc) is 2.34. The number of benzene rings is 1. The second-order valence-corrected chi connectivity index (χ2v) is 5.77. The maximum Gasteiger partial charge on any atom is 0.218 e. The lowest BCUT2D eigenvalue weighted by molar-refractivity contribution is -0.118. The number of rotatable bonds is 3. The molecule has 1 aromatic carbocycles. The van der Waals surface area contributed by atoms with Crippen LogP contribution in [0.4, 0.5) is 0 Å². The zero-order valence-corrected chi connectivity index (χ0v) is 11.9. The number of piperidine rings is 1. The van der Waals surface area contributed by atoms with Gasteiger partial charge in [-0.15, -0.1) is 0 Å². The standard InChI is InChI=1S/C13H17Cl2N3O/c14-10-2-1-7(3-11(10)15)9-4-8(5-13(17)19)18-6-12(9)16/h1-3,8-9,12,18H,4-6,16H2,(H2,17,19)/t8?,9-,12+/m0/s1. The SMILES string of the molecule is NC(=O)CC1C[C@@H](c2ccc(Cl)c(Cl)c2)[C@H](N)CN1. The highest BCUT2D eigenvalue weighted by molar-refractivity contribution is 6.42. The van der Waals surface area contributed by atoms with E-state index in [0.29, 0.717) is 23.0 Å². The molecule has 0 radical (unpaired) electrons. The van der Waals surface area contributed by atoms with Crippen molar-refractivity contribution in [1.82, 2.24) is 5.32 Å². The Kier molecular flexibility index (Phi) is 4.68. The molecular weight excluding hydrogens is 285 g/mol. The first-order chi connectivity index (χ1) is 8.97. The van der Waals surface area contributed by atoms with E-state index < -0.39 is 0 Å². The van der Waals surface area contributed by atoms with Gasteiger partial charge in [-0.25, -0.2) is 0 Å². The van der Waals surface area contributed by atoms with Crippen LogP contribution in [-0.4, -0.2) is 24.5 Å². The van der Waals surface area contributed by atoms with Crippen LogP contribution < -0.4 is 16.8 Å². The Labute approximate surface area is 122 Å². The Balaban J connectivity index is 2.16. The molecule has 0 saturated carbocycles. The average molecular weight is 302 g/mol. The highest BCUT2D eigenvalue weighted by Gasteiger charge is 2.29. The molecule has 0 aliphatic carbocycles. The molecule has 3 atom stereocenters. The maximum absolute atomic E-state index is 11.0. The largest absolute Gasteiger partial charge is 0.370 e. The molecule has 0 aromatic heterocycles. The van der Waals surface area contributed by atoms with Crippen molar-refractivity contribution >= 4 is 29.1 Å². The minimum atomic E-state index is -0.305. The van der Waals surface area contributed by atoms with Gasteiger partial charge in [-0.2, -0.15) is 0 Å². The molecule has 1 heterocycles. The van der Waals surface area contributed by atoms with Gasteiger partial charge in [0.25, 0.3) is 0 Å². The van der Waals surface area contributed by atoms with E-state index in [1.165, 1.54) is 0 Å². The van der Waals surface area contributed by atoms with Gasteiger partial charge in [-0.3, -0.25) is 4.79 Å². The van der Waals surface area contributed by atoms with Crippen molar-refractivity contribution in [3.05, 3.63) is 33.8 Å². The van der Waals surface area contributed by atoms with Gasteiger partial charge in [0.1, 0.15) is 0 Å². The molecule has 104 valence electrons. The zero-order chi connectivity index (χ0) is 14.0. The van der Waals surface area contributed by atoms with Crippen molar-refractivity contribution in [2.24, 2.45) is 11.5 Å². The Hall–Kier alpha value is -0.810. The van der Waals surface area contributed by atoms with E-state index in [-0.39, 0.29) is 23.9 Å². The Bertz CT molecular complexity index is 481. The van der Waals surface area contributed by atoms with Crippen LogP contribution in [0.5, 0.6) is 0 Å². The summed E-state index contributed by atoms with van der Waals surface area (Å²) in [4.78, 5) is 11.0. The second kappa shape index (κ2) is 6.09. The fourth-order valence-corrected chi connectivity index (χ4v) is 2.84. The van der Waals surface area contributed by atoms with E-state index in [0.717, 1.165) is 12.0 Å². The van der Waals surface area contributed by atoms with E-state index in [4.69, 9.17) is 34.7 Å². The molecule has 2 rings (SSSR count). The highest BCUT2D eigenvalue weighted by Crippen LogP contribution is 2.32. The van der Waals surface area contributed by atoms with Gasteiger partial charge in [-0.1, -0.05) is 29.3 Å². The lowest BCUT2D eigenvalue weighted by atomic mass is 9.82. The van der Waals surface area contributed by atoms with Gasteiger partial charge in [-0.05, 0) is 24.1 Å². The van der Waals surface area contributed by atoms with E-state index in [2.05, 4.69) is 5.32 Å². The molecule has 1 saturated heterocycles. The Morgan fingerprint density at radius 1 is 1.37 bits per heavy atom. The molecule has 19 heavy (non-hydrogen) atoms. The van der Waals surface area contributed by atoms with Crippen LogP contribution in [0.2, 0.25) is 10.0 Å². The molecule has 1 fully saturated rings. The van der Waals surface area contributed by atoms with Crippen LogP contribution >= 0.6 is 23.2 Å². The number of hydrogen-bond acceptors (Lipinski definition) is 3. The van der Waals surface area contributed by atoms with E-state index >= 15 is 0 Å². The number of nitrogens with two attached hydrogens (primary N) is 2. The third kappa shape index (κ3) is 3.60. The summed E-state index contributed by atoms with van der Waals surface area (Å²) in [5.74, 6) is -0.152. The minimum Gasteiger partial charge on any atom is -0.370 e. The topological polar surface area (TPSA) is 81.1 Å². The number of carbonyl (C=O) groups is 1. The first-order valence-corrected chi connectivity index (χ1v) is 6.95. The molecule has 6 heteroatoms. The maximum atomic E-state index is 11.0. The van der Waals surface area contributed by atoms with Crippen LogP contribution in [0.3, 0.4) is 0 Å². The summed E-state index contributed by atoms with van der Waals surface area (Å²) in [6.45, 7) is 0.656. The van der Waals surface area contributed by atoms with Crippen LogP contribution in [0.1, 0.15) is 24.3 Å². The number of hydrogen-bond donors (Lipinski definition) is 3. The predicted octanol–water partition coefficient (Wildman–Crippen LogP) is 1.64. The third-order valence-electron chi connectivity index (χ3n) is 3.52. The van der Waals surface area contributed by atoms with Crippen molar-refractivity contribution in [2.75, 3.05) is 6.54 Å². The normalized spacial score (nSPS) is 27.2. The van der Waals surface area contributed by atoms with Crippen LogP contribution in [-0.2, 0) is 4.79 Å². The lowest BCUT2D eigenvalue weighted by Gasteiger charge is -2.35. The molecule has 0 spiro atoms. The first-order valence-electron chi connectivity index (χ1n) is 6.19. The summed E-state index contributed by atoms with van der Waals surface area (Å²) in [5, 5.41) is 4.29. The van der Waals surface area contributed by atoms with E-state index in [1.54, 1.807) is 6.07 Å². The third-order valence-corrected chi connectivity index (χ3v) is 4.26. The minimum absolute atomic E-state index is 0.0126. The van der Waals surface area contributed by atoms with Crippen LogP contribution in [0.25, 0.3) is 0 Å². The number of primary amides is 1. The molecule has 1 amide bonds. The van der Waals surface area contributed by atoms with Crippen molar-refractivity contribution in [3.63, 3.8) is 0 Å². The predicted molar refractivity (Wildman–Crippen MR) is 77.4 cm³/mol. The van der Waals surface area contributed by atoms with Crippen molar-refractivity contribution in [2.45, 2.75) is 30.8 Å². The molecule has 1 aliphatic heterocycles. The zero-order valence-electron chi connectivity index (χ0n) is 10.4. The fourth-order valence-electron chi connectivity index (χ4n) is 2.53. The van der Waals surface area contributed by atoms with Gasteiger partial charge in [0.2, 0.25) is 5.91 Å². The quantitative estimate of drug-likeness (QED) is 0.794. The number of amides is 1. The number of nitrogens with one attached hydrogen (secondary N) is 1. The van der Waals surface area contributed by atoms with E-state index in [9.17, 15) is 4.79 Å². The number of carbonyl (C=O) groups excluding carboxylic acids is 1. The van der Waals surface area contributed by atoms with Crippen molar-refractivity contribution in [1.29, 1.82) is 0 Å². The Morgan fingerprint density at radius 2 is 2.11 bits per heavy atom. The fraction of sp³-hybridized carbons (Fsp3) is 0.462. The molecule has 4 nitrogen and oxygen atoms in total. The highest BCUT2D eigenvalue weighted by atomic mass is 35.5. The molecular formula is C13H17Cl2N3O. The number of halogens is 2. The summed E-state index contributed by atoms with van der Waals surface area (Å²) in [7, 11) is 0. The lowest BCUT2D eigenvalue weighted by Crippen LogP contribution is -2.50. The van der Waals surface area contributed by atoms with Crippen LogP contribution in [0, 0.1) is 0 Å². The summed E-state index contributed by atoms with van der Waals surface area (Å²) in [5.41, 5.74) is 12.4. The molecule has 0 bridgehead atoms. The molecule has 1 aliphatic rings. The summed E-state index contributed by atoms with van der Waals surface area (Å²) in [6, 6.07) is 5.61. The molecule has 1 aromatic rings. The van der Waals surface area contributed by atoms with Crippen molar-refractivity contribution < 1.29 is 4.79 Å². The van der Waals surface area contributed by atoms with Gasteiger partial charge in [0, 0.05) is 31.0 Å². The monoisotopic (exact) mass is 301 g/mol. The van der Waals surface area contributed by atoms with E-state index in [1.807, 2.05) is 12.1 Å². The smallest absolute Gasteiger partial charge is 0.218 e. The van der Waals surface area contributed by atoms with Crippen molar-refractivity contribution in [3.8, 4) is 0 Å². The van der Waals surface area contributed by atoms with Gasteiger partial charge in [0.15, 0.2) is 0 Å². The summed E-state index contributed by atoms with van der Waals surface area (Å²) >= 11 is 12.0. The van der Waals surface area contributed by atoms with Gasteiger partial charge in [0.05, 0.1) is 10.0 Å². The molecule has 5 N–H and O–H groups in total. The first kappa shape index (κ1) is 14.6. The summed E-state index contributed by atoms with van der Waals surface area (Å²) in [6.07, 6.45) is 1.09. The second-order valence-electron chi connectivity index (χ2n) is 4.96. The molecule has 1 unspecified atom stereocenters. The summed E-state index contributed by atoms with van der Waals surface area (Å²) < 4.78 is 0. The van der Waals surface area contributed by atoms with Crippen LogP contribution in [0.15, 0.2) is 18.2 Å². The Morgan fingerprint density at radius 3 is 2.74 bits per heavy atom. The van der Waals surface area contributed by atoms with Gasteiger partial charge < -0.3 is 16.8 Å². The van der Waals surface area contributed by atoms with Gasteiger partial charge >= 0.3 is 0 Å².